The van der Waals surface area contributed by atoms with E-state index < -0.39 is 5.97 Å². The van der Waals surface area contributed by atoms with Gasteiger partial charge in [0, 0.05) is 26.9 Å². The number of rotatable bonds is 6. The average Bonchev–Trinajstić information content (AvgIpc) is 2.79. The number of benzene rings is 3. The summed E-state index contributed by atoms with van der Waals surface area (Å²) in [6, 6.07) is 20.7. The van der Waals surface area contributed by atoms with Crippen molar-refractivity contribution in [3.05, 3.63) is 99.5 Å². The zero-order valence-corrected chi connectivity index (χ0v) is 19.5. The summed E-state index contributed by atoms with van der Waals surface area (Å²) < 4.78 is 5.03. The van der Waals surface area contributed by atoms with E-state index in [9.17, 15) is 9.59 Å². The number of nitrogens with zero attached hydrogens (tertiary/aromatic N) is 1. The van der Waals surface area contributed by atoms with Crippen LogP contribution < -0.4 is 10.2 Å². The monoisotopic (exact) mass is 486 g/mol. The molecule has 8 heteroatoms. The largest absolute Gasteiger partial charge is 0.462 e. The van der Waals surface area contributed by atoms with E-state index in [2.05, 4.69) is 5.32 Å². The van der Waals surface area contributed by atoms with Crippen molar-refractivity contribution in [2.75, 3.05) is 11.5 Å². The second-order valence-corrected chi connectivity index (χ2v) is 7.88. The molecule has 0 aromatic heterocycles. The number of ether oxygens (including phenoxy) is 1. The zero-order chi connectivity index (χ0) is 23.1. The number of carbonyl (C=O) groups is 2. The molecule has 0 saturated carbocycles. The predicted octanol–water partition coefficient (Wildman–Crippen LogP) is 5.89. The fourth-order valence-corrected chi connectivity index (χ4v) is 3.72. The van der Waals surface area contributed by atoms with Crippen LogP contribution in [-0.4, -0.2) is 23.6 Å². The van der Waals surface area contributed by atoms with Gasteiger partial charge in [0.05, 0.1) is 18.7 Å². The molecule has 0 unspecified atom stereocenters. The van der Waals surface area contributed by atoms with Crippen LogP contribution in [0.2, 0.25) is 10.0 Å². The summed E-state index contributed by atoms with van der Waals surface area (Å²) in [5.41, 5.74) is 2.18. The van der Waals surface area contributed by atoms with Gasteiger partial charge in [0.15, 0.2) is 5.11 Å². The number of nitrogens with one attached hydrogen (secondary N) is 1. The molecule has 3 aromatic rings. The minimum Gasteiger partial charge on any atom is -0.462 e. The zero-order valence-electron chi connectivity index (χ0n) is 17.2. The highest BCUT2D eigenvalue weighted by molar-refractivity contribution is 7.80. The van der Waals surface area contributed by atoms with E-state index in [1.54, 1.807) is 78.6 Å². The van der Waals surface area contributed by atoms with Gasteiger partial charge in [-0.15, -0.1) is 0 Å². The van der Waals surface area contributed by atoms with Crippen LogP contribution in [-0.2, 0) is 11.3 Å². The Labute approximate surface area is 201 Å². The van der Waals surface area contributed by atoms with E-state index in [4.69, 9.17) is 40.2 Å². The highest BCUT2D eigenvalue weighted by atomic mass is 35.5. The second-order valence-electron chi connectivity index (χ2n) is 6.68. The average molecular weight is 487 g/mol. The smallest absolute Gasteiger partial charge is 0.338 e. The van der Waals surface area contributed by atoms with Crippen molar-refractivity contribution in [1.82, 2.24) is 5.32 Å². The molecule has 0 aliphatic carbocycles. The molecule has 1 amide bonds. The van der Waals surface area contributed by atoms with Crippen LogP contribution in [0.15, 0.2) is 72.8 Å². The Morgan fingerprint density at radius 1 is 0.906 bits per heavy atom. The SMILES string of the molecule is CCOC(=O)c1ccc(N(Cc2c(Cl)cccc2Cl)C(=S)NC(=O)c2ccccc2)cc1. The summed E-state index contributed by atoms with van der Waals surface area (Å²) in [7, 11) is 0. The molecule has 0 heterocycles. The molecule has 0 aliphatic rings. The third-order valence-electron chi connectivity index (χ3n) is 4.57. The Bertz CT molecular complexity index is 1100. The number of hydrogen-bond acceptors (Lipinski definition) is 4. The van der Waals surface area contributed by atoms with Gasteiger partial charge in [-0.2, -0.15) is 0 Å². The fourth-order valence-electron chi connectivity index (χ4n) is 2.94. The molecule has 164 valence electrons. The number of esters is 1. The quantitative estimate of drug-likeness (QED) is 0.347. The minimum atomic E-state index is -0.417. The summed E-state index contributed by atoms with van der Waals surface area (Å²) in [5.74, 6) is -0.756. The number of thiocarbonyl (C=S) groups is 1. The Morgan fingerprint density at radius 3 is 2.12 bits per heavy atom. The van der Waals surface area contributed by atoms with Crippen LogP contribution in [0.1, 0.15) is 33.2 Å². The lowest BCUT2D eigenvalue weighted by Crippen LogP contribution is -2.42. The Balaban J connectivity index is 1.91. The van der Waals surface area contributed by atoms with Crippen molar-refractivity contribution in [3.8, 4) is 0 Å². The van der Waals surface area contributed by atoms with Crippen molar-refractivity contribution in [2.24, 2.45) is 0 Å². The summed E-state index contributed by atoms with van der Waals surface area (Å²) >= 11 is 18.3. The maximum atomic E-state index is 12.7. The highest BCUT2D eigenvalue weighted by Gasteiger charge is 2.19. The van der Waals surface area contributed by atoms with Gasteiger partial charge in [-0.25, -0.2) is 4.79 Å². The normalized spacial score (nSPS) is 10.3. The number of amides is 1. The van der Waals surface area contributed by atoms with Crippen LogP contribution in [0.4, 0.5) is 5.69 Å². The number of carbonyl (C=O) groups excluding carboxylic acids is 2. The topological polar surface area (TPSA) is 58.6 Å². The van der Waals surface area contributed by atoms with Gasteiger partial charge in [-0.1, -0.05) is 47.5 Å². The van der Waals surface area contributed by atoms with E-state index in [0.717, 1.165) is 0 Å². The molecule has 0 spiro atoms. The van der Waals surface area contributed by atoms with Crippen molar-refractivity contribution in [1.29, 1.82) is 0 Å². The molecular formula is C24H20Cl2N2O3S. The van der Waals surface area contributed by atoms with Crippen LogP contribution in [0.3, 0.4) is 0 Å². The molecule has 0 radical (unpaired) electrons. The molecule has 1 N–H and O–H groups in total. The molecule has 0 aliphatic heterocycles. The minimum absolute atomic E-state index is 0.165. The molecular weight excluding hydrogens is 467 g/mol. The lowest BCUT2D eigenvalue weighted by molar-refractivity contribution is 0.0526. The number of anilines is 1. The Hall–Kier alpha value is -2.93. The summed E-state index contributed by atoms with van der Waals surface area (Å²) in [4.78, 5) is 26.3. The maximum absolute atomic E-state index is 12.7. The van der Waals surface area contributed by atoms with Gasteiger partial charge in [0.1, 0.15) is 0 Å². The van der Waals surface area contributed by atoms with Gasteiger partial charge in [0.2, 0.25) is 0 Å². The van der Waals surface area contributed by atoms with E-state index in [-0.39, 0.29) is 24.2 Å². The molecule has 5 nitrogen and oxygen atoms in total. The van der Waals surface area contributed by atoms with Gasteiger partial charge in [-0.05, 0) is 67.7 Å². The van der Waals surface area contributed by atoms with Crippen LogP contribution >= 0.6 is 35.4 Å². The second kappa shape index (κ2) is 11.1. The Morgan fingerprint density at radius 2 is 1.53 bits per heavy atom. The first-order chi connectivity index (χ1) is 15.4. The van der Waals surface area contributed by atoms with Gasteiger partial charge in [0.25, 0.3) is 5.91 Å². The third kappa shape index (κ3) is 5.85. The first kappa shape index (κ1) is 23.7. The van der Waals surface area contributed by atoms with Gasteiger partial charge < -0.3 is 9.64 Å². The summed E-state index contributed by atoms with van der Waals surface area (Å²) in [5, 5.41) is 3.87. The van der Waals surface area contributed by atoms with Crippen molar-refractivity contribution in [3.63, 3.8) is 0 Å². The lowest BCUT2D eigenvalue weighted by Gasteiger charge is -2.26. The molecule has 0 atom stereocenters. The lowest BCUT2D eigenvalue weighted by atomic mass is 10.1. The van der Waals surface area contributed by atoms with Gasteiger partial charge >= 0.3 is 5.97 Å². The highest BCUT2D eigenvalue weighted by Crippen LogP contribution is 2.28. The van der Waals surface area contributed by atoms with Crippen LogP contribution in [0.25, 0.3) is 0 Å². The fraction of sp³-hybridized carbons (Fsp3) is 0.125. The van der Waals surface area contributed by atoms with Crippen LogP contribution in [0.5, 0.6) is 0 Å². The first-order valence-electron chi connectivity index (χ1n) is 9.78. The number of hydrogen-bond donors (Lipinski definition) is 1. The van der Waals surface area contributed by atoms with E-state index >= 15 is 0 Å². The predicted molar refractivity (Wildman–Crippen MR) is 132 cm³/mol. The molecule has 0 bridgehead atoms. The van der Waals surface area contributed by atoms with Crippen molar-refractivity contribution < 1.29 is 14.3 Å². The molecule has 3 rings (SSSR count). The van der Waals surface area contributed by atoms with E-state index in [1.807, 2.05) is 6.07 Å². The molecule has 32 heavy (non-hydrogen) atoms. The molecule has 3 aromatic carbocycles. The first-order valence-corrected chi connectivity index (χ1v) is 10.9. The maximum Gasteiger partial charge on any atom is 0.338 e. The summed E-state index contributed by atoms with van der Waals surface area (Å²) in [6.07, 6.45) is 0. The number of halogens is 2. The van der Waals surface area contributed by atoms with Crippen molar-refractivity contribution >= 4 is 58.1 Å². The van der Waals surface area contributed by atoms with E-state index in [1.165, 1.54) is 0 Å². The van der Waals surface area contributed by atoms with Crippen molar-refractivity contribution in [2.45, 2.75) is 13.5 Å². The van der Waals surface area contributed by atoms with Gasteiger partial charge in [-0.3, -0.25) is 10.1 Å². The van der Waals surface area contributed by atoms with E-state index in [0.29, 0.717) is 32.4 Å². The summed E-state index contributed by atoms with van der Waals surface area (Å²) in [6.45, 7) is 2.24. The van der Waals surface area contributed by atoms with Crippen LogP contribution in [0, 0.1) is 0 Å². The Kier molecular flexibility index (Phi) is 8.22. The third-order valence-corrected chi connectivity index (χ3v) is 5.60. The standard InChI is InChI=1S/C24H20Cl2N2O3S/c1-2-31-23(30)17-11-13-18(14-12-17)28(15-19-20(25)9-6-10-21(19)26)24(32)27-22(29)16-7-4-3-5-8-16/h3-14H,2,15H2,1H3,(H,27,29,32). The molecule has 0 fully saturated rings. The molecule has 0 saturated heterocycles.